The molecule has 2 aromatic rings. The minimum atomic E-state index is -0.352. The van der Waals surface area contributed by atoms with E-state index < -0.39 is 0 Å². The van der Waals surface area contributed by atoms with Crippen molar-refractivity contribution in [1.82, 2.24) is 5.32 Å². The Hall–Kier alpha value is -1.86. The molecule has 0 atom stereocenters. The van der Waals surface area contributed by atoms with Crippen LogP contribution in [0.5, 0.6) is 0 Å². The lowest BCUT2D eigenvalue weighted by molar-refractivity contribution is -0.118. The fraction of sp³-hybridized carbons (Fsp3) is 0.250. The Morgan fingerprint density at radius 2 is 1.83 bits per heavy atom. The van der Waals surface area contributed by atoms with Gasteiger partial charge in [0.2, 0.25) is 11.8 Å². The second kappa shape index (κ2) is 8.69. The molecule has 7 heteroatoms. The van der Waals surface area contributed by atoms with Crippen LogP contribution in [-0.4, -0.2) is 23.3 Å². The first kappa shape index (κ1) is 17.5. The van der Waals surface area contributed by atoms with Crippen LogP contribution in [0.4, 0.5) is 10.1 Å². The molecule has 0 fully saturated rings. The van der Waals surface area contributed by atoms with Gasteiger partial charge in [-0.3, -0.25) is 9.59 Å². The molecule has 1 aromatic heterocycles. The first-order valence-electron chi connectivity index (χ1n) is 6.97. The van der Waals surface area contributed by atoms with Crippen molar-refractivity contribution in [3.05, 3.63) is 52.0 Å². The SMILES string of the molecule is Cc1ccsc1CNC(=O)CSCC(=O)Nc1ccc(F)cc1. The van der Waals surface area contributed by atoms with Gasteiger partial charge in [0.05, 0.1) is 18.1 Å². The van der Waals surface area contributed by atoms with Crippen molar-refractivity contribution < 1.29 is 14.0 Å². The van der Waals surface area contributed by atoms with Crippen LogP contribution in [0.1, 0.15) is 10.4 Å². The standard InChI is InChI=1S/C16H17FN2O2S2/c1-11-6-7-23-14(11)8-18-15(20)9-22-10-16(21)19-13-4-2-12(17)3-5-13/h2-7H,8-10H2,1H3,(H,18,20)(H,19,21). The molecule has 1 heterocycles. The van der Waals surface area contributed by atoms with Crippen molar-refractivity contribution in [3.63, 3.8) is 0 Å². The summed E-state index contributed by atoms with van der Waals surface area (Å²) in [6.45, 7) is 2.52. The molecule has 0 aliphatic rings. The van der Waals surface area contributed by atoms with Crippen LogP contribution in [-0.2, 0) is 16.1 Å². The highest BCUT2D eigenvalue weighted by molar-refractivity contribution is 8.00. The third-order valence-corrected chi connectivity index (χ3v) is 4.96. The molecule has 0 bridgehead atoms. The van der Waals surface area contributed by atoms with Crippen LogP contribution < -0.4 is 10.6 Å². The van der Waals surface area contributed by atoms with Gasteiger partial charge in [-0.1, -0.05) is 0 Å². The Balaban J connectivity index is 1.64. The number of carbonyl (C=O) groups excluding carboxylic acids is 2. The highest BCUT2D eigenvalue weighted by atomic mass is 32.2. The number of aryl methyl sites for hydroxylation is 1. The van der Waals surface area contributed by atoms with Crippen LogP contribution in [0.2, 0.25) is 0 Å². The van der Waals surface area contributed by atoms with E-state index in [1.54, 1.807) is 11.3 Å². The van der Waals surface area contributed by atoms with Gasteiger partial charge >= 0.3 is 0 Å². The van der Waals surface area contributed by atoms with E-state index in [-0.39, 0.29) is 29.1 Å². The summed E-state index contributed by atoms with van der Waals surface area (Å²) in [5.41, 5.74) is 1.70. The van der Waals surface area contributed by atoms with Crippen LogP contribution in [0.15, 0.2) is 35.7 Å². The summed E-state index contributed by atoms with van der Waals surface area (Å²) in [6.07, 6.45) is 0. The van der Waals surface area contributed by atoms with Crippen LogP contribution >= 0.6 is 23.1 Å². The molecule has 1 aromatic carbocycles. The van der Waals surface area contributed by atoms with Gasteiger partial charge in [-0.25, -0.2) is 4.39 Å². The fourth-order valence-corrected chi connectivity index (χ4v) is 3.27. The second-order valence-electron chi connectivity index (χ2n) is 4.85. The number of thioether (sulfide) groups is 1. The Morgan fingerprint density at radius 1 is 1.13 bits per heavy atom. The predicted molar refractivity (Wildman–Crippen MR) is 93.3 cm³/mol. The number of hydrogen-bond acceptors (Lipinski definition) is 4. The van der Waals surface area contributed by atoms with Gasteiger partial charge in [0.15, 0.2) is 0 Å². The van der Waals surface area contributed by atoms with E-state index in [2.05, 4.69) is 10.6 Å². The lowest BCUT2D eigenvalue weighted by Gasteiger charge is -2.06. The molecule has 122 valence electrons. The number of hydrogen-bond donors (Lipinski definition) is 2. The molecule has 2 rings (SSSR count). The number of thiophene rings is 1. The normalized spacial score (nSPS) is 10.3. The van der Waals surface area contributed by atoms with Gasteiger partial charge in [-0.2, -0.15) is 0 Å². The summed E-state index contributed by atoms with van der Waals surface area (Å²) in [4.78, 5) is 24.6. The molecule has 0 unspecified atom stereocenters. The first-order valence-corrected chi connectivity index (χ1v) is 9.01. The Kier molecular flexibility index (Phi) is 6.61. The zero-order valence-corrected chi connectivity index (χ0v) is 14.2. The topological polar surface area (TPSA) is 58.2 Å². The molecule has 4 nitrogen and oxygen atoms in total. The van der Waals surface area contributed by atoms with E-state index in [4.69, 9.17) is 0 Å². The van der Waals surface area contributed by atoms with E-state index in [1.807, 2.05) is 18.4 Å². The number of anilines is 1. The third kappa shape index (κ3) is 6.03. The Bertz CT molecular complexity index is 671. The molecule has 0 saturated heterocycles. The monoisotopic (exact) mass is 352 g/mol. The van der Waals surface area contributed by atoms with E-state index in [9.17, 15) is 14.0 Å². The fourth-order valence-electron chi connectivity index (χ4n) is 1.78. The smallest absolute Gasteiger partial charge is 0.234 e. The summed E-state index contributed by atoms with van der Waals surface area (Å²) in [5.74, 6) is -0.278. The highest BCUT2D eigenvalue weighted by Crippen LogP contribution is 2.15. The van der Waals surface area contributed by atoms with Crippen LogP contribution in [0, 0.1) is 12.7 Å². The lowest BCUT2D eigenvalue weighted by Crippen LogP contribution is -2.25. The van der Waals surface area contributed by atoms with Crippen molar-refractivity contribution in [2.45, 2.75) is 13.5 Å². The summed E-state index contributed by atoms with van der Waals surface area (Å²) >= 11 is 2.85. The van der Waals surface area contributed by atoms with Gasteiger partial charge in [0.25, 0.3) is 0 Å². The van der Waals surface area contributed by atoms with Crippen molar-refractivity contribution in [1.29, 1.82) is 0 Å². The number of benzene rings is 1. The van der Waals surface area contributed by atoms with Crippen LogP contribution in [0.25, 0.3) is 0 Å². The van der Waals surface area contributed by atoms with Gasteiger partial charge in [0.1, 0.15) is 5.82 Å². The minimum absolute atomic E-state index is 0.0996. The van der Waals surface area contributed by atoms with Crippen LogP contribution in [0.3, 0.4) is 0 Å². The molecule has 0 spiro atoms. The molecule has 0 radical (unpaired) electrons. The number of rotatable bonds is 7. The maximum atomic E-state index is 12.8. The first-order chi connectivity index (χ1) is 11.0. The summed E-state index contributed by atoms with van der Waals surface area (Å²) in [5, 5.41) is 7.47. The van der Waals surface area contributed by atoms with Crippen molar-refractivity contribution in [3.8, 4) is 0 Å². The quantitative estimate of drug-likeness (QED) is 0.805. The second-order valence-corrected chi connectivity index (χ2v) is 6.84. The molecule has 0 aliphatic carbocycles. The molecule has 2 N–H and O–H groups in total. The molecular formula is C16H17FN2O2S2. The highest BCUT2D eigenvalue weighted by Gasteiger charge is 2.07. The Labute approximate surface area is 142 Å². The number of carbonyl (C=O) groups is 2. The van der Waals surface area contributed by atoms with Crippen molar-refractivity contribution >= 4 is 40.6 Å². The molecular weight excluding hydrogens is 335 g/mol. The van der Waals surface area contributed by atoms with Crippen molar-refractivity contribution in [2.75, 3.05) is 16.8 Å². The lowest BCUT2D eigenvalue weighted by atomic mass is 10.3. The molecule has 2 amide bonds. The molecule has 0 aliphatic heterocycles. The van der Waals surface area contributed by atoms with Gasteiger partial charge in [0, 0.05) is 10.6 Å². The minimum Gasteiger partial charge on any atom is -0.350 e. The van der Waals surface area contributed by atoms with E-state index >= 15 is 0 Å². The maximum absolute atomic E-state index is 12.8. The average Bonchev–Trinajstić information content (AvgIpc) is 2.93. The maximum Gasteiger partial charge on any atom is 0.234 e. The van der Waals surface area contributed by atoms with Crippen molar-refractivity contribution in [2.24, 2.45) is 0 Å². The summed E-state index contributed by atoms with van der Waals surface area (Å²) in [6, 6.07) is 7.56. The average molecular weight is 352 g/mol. The van der Waals surface area contributed by atoms with E-state index in [0.717, 1.165) is 4.88 Å². The zero-order valence-electron chi connectivity index (χ0n) is 12.6. The number of halogens is 1. The zero-order chi connectivity index (χ0) is 16.7. The predicted octanol–water partition coefficient (Wildman–Crippen LogP) is 3.18. The molecule has 23 heavy (non-hydrogen) atoms. The van der Waals surface area contributed by atoms with E-state index in [0.29, 0.717) is 12.2 Å². The van der Waals surface area contributed by atoms with Gasteiger partial charge in [-0.15, -0.1) is 23.1 Å². The molecule has 0 saturated carbocycles. The summed E-state index contributed by atoms with van der Waals surface area (Å²) < 4.78 is 12.8. The van der Waals surface area contributed by atoms with Gasteiger partial charge in [-0.05, 0) is 48.2 Å². The van der Waals surface area contributed by atoms with E-state index in [1.165, 1.54) is 41.6 Å². The largest absolute Gasteiger partial charge is 0.350 e. The Morgan fingerprint density at radius 3 is 2.48 bits per heavy atom. The van der Waals surface area contributed by atoms with Gasteiger partial charge < -0.3 is 10.6 Å². The summed E-state index contributed by atoms with van der Waals surface area (Å²) in [7, 11) is 0. The number of nitrogens with one attached hydrogen (secondary N) is 2. The number of amides is 2. The third-order valence-electron chi connectivity index (χ3n) is 3.01.